The highest BCUT2D eigenvalue weighted by atomic mass is 19.4. The molecule has 0 saturated heterocycles. The van der Waals surface area contributed by atoms with Crippen molar-refractivity contribution >= 4 is 11.6 Å². The highest BCUT2D eigenvalue weighted by Crippen LogP contribution is 2.37. The van der Waals surface area contributed by atoms with Crippen LogP contribution in [0.1, 0.15) is 51.8 Å². The second kappa shape index (κ2) is 10.4. The molecule has 1 saturated carbocycles. The number of carbonyl (C=O) groups is 1. The van der Waals surface area contributed by atoms with E-state index in [2.05, 4.69) is 27.3 Å². The van der Waals surface area contributed by atoms with E-state index >= 15 is 0 Å². The minimum Gasteiger partial charge on any atom is -0.326 e. The van der Waals surface area contributed by atoms with Crippen LogP contribution in [0, 0.1) is 0 Å². The van der Waals surface area contributed by atoms with Crippen molar-refractivity contribution < 1.29 is 18.0 Å². The van der Waals surface area contributed by atoms with E-state index in [1.807, 2.05) is 30.3 Å². The highest BCUT2D eigenvalue weighted by molar-refractivity contribution is 6.03. The Balaban J connectivity index is 1.48. The average molecular weight is 521 g/mol. The molecule has 196 valence electrons. The molecule has 0 radical (unpaired) electrons. The molecule has 1 aliphatic rings. The number of pyridine rings is 1. The van der Waals surface area contributed by atoms with E-state index in [-0.39, 0.29) is 18.3 Å². The zero-order chi connectivity index (χ0) is 26.9. The topological polar surface area (TPSA) is 89.1 Å². The summed E-state index contributed by atoms with van der Waals surface area (Å²) in [4.78, 5) is 19.7. The van der Waals surface area contributed by atoms with Gasteiger partial charge in [0, 0.05) is 36.7 Å². The molecule has 2 heterocycles. The fourth-order valence-corrected chi connectivity index (χ4v) is 4.58. The van der Waals surface area contributed by atoms with Crippen LogP contribution in [0.3, 0.4) is 0 Å². The van der Waals surface area contributed by atoms with Crippen LogP contribution in [0.25, 0.3) is 5.69 Å². The minimum atomic E-state index is -4.71. The van der Waals surface area contributed by atoms with Crippen molar-refractivity contribution in [2.75, 3.05) is 12.4 Å². The van der Waals surface area contributed by atoms with Crippen LogP contribution in [0.15, 0.2) is 79.1 Å². The second-order valence-corrected chi connectivity index (χ2v) is 9.36. The van der Waals surface area contributed by atoms with E-state index in [9.17, 15) is 18.0 Å². The van der Waals surface area contributed by atoms with E-state index in [4.69, 9.17) is 5.73 Å². The van der Waals surface area contributed by atoms with Crippen LogP contribution in [0.4, 0.5) is 18.9 Å². The van der Waals surface area contributed by atoms with E-state index in [1.165, 1.54) is 0 Å². The number of nitrogens with zero attached hydrogens (tertiary/aromatic N) is 4. The van der Waals surface area contributed by atoms with Gasteiger partial charge in [-0.15, -0.1) is 0 Å². The molecule has 1 aliphatic carbocycles. The van der Waals surface area contributed by atoms with Gasteiger partial charge in [-0.1, -0.05) is 24.3 Å². The molecule has 4 aromatic rings. The number of benzene rings is 2. The summed E-state index contributed by atoms with van der Waals surface area (Å²) in [5.74, 6) is -0.709. The standard InChI is InChI=1S/C28H27F3N6O/c1-36(22-8-9-22)26(19-10-12-33-13-11-19)20-5-3-6-21(15-20)34-27(38)24-16-25(28(29,30)31)35-37(24)23-7-2-4-18(14-23)17-32/h2-7,10-16,22,26H,8-9,17,32H2,1H3,(H,34,38). The lowest BCUT2D eigenvalue weighted by molar-refractivity contribution is -0.141. The first-order valence-corrected chi connectivity index (χ1v) is 12.2. The zero-order valence-electron chi connectivity index (χ0n) is 20.7. The molecule has 38 heavy (non-hydrogen) atoms. The normalized spacial score (nSPS) is 14.5. The lowest BCUT2D eigenvalue weighted by atomic mass is 9.97. The summed E-state index contributed by atoms with van der Waals surface area (Å²) >= 11 is 0. The van der Waals surface area contributed by atoms with Crippen LogP contribution in [0.2, 0.25) is 0 Å². The third kappa shape index (κ3) is 5.46. The van der Waals surface area contributed by atoms with Crippen molar-refractivity contribution in [1.29, 1.82) is 0 Å². The van der Waals surface area contributed by atoms with Crippen molar-refractivity contribution in [2.45, 2.75) is 37.6 Å². The average Bonchev–Trinajstić information content (AvgIpc) is 3.66. The van der Waals surface area contributed by atoms with Crippen molar-refractivity contribution in [3.05, 3.63) is 107 Å². The Kier molecular flexibility index (Phi) is 7.00. The van der Waals surface area contributed by atoms with Crippen LogP contribution < -0.4 is 11.1 Å². The Morgan fingerprint density at radius 2 is 1.82 bits per heavy atom. The number of alkyl halides is 3. The molecule has 1 fully saturated rings. The molecular formula is C28H27F3N6O. The smallest absolute Gasteiger partial charge is 0.326 e. The molecule has 2 aromatic carbocycles. The summed E-state index contributed by atoms with van der Waals surface area (Å²) in [6.45, 7) is 0.198. The molecule has 5 rings (SSSR count). The van der Waals surface area contributed by atoms with Crippen molar-refractivity contribution in [2.24, 2.45) is 5.73 Å². The Labute approximate surface area is 218 Å². The van der Waals surface area contributed by atoms with E-state index in [0.29, 0.717) is 23.0 Å². The van der Waals surface area contributed by atoms with E-state index < -0.39 is 17.8 Å². The fraction of sp³-hybridized carbons (Fsp3) is 0.250. The lowest BCUT2D eigenvalue weighted by Gasteiger charge is -2.29. The molecule has 1 amide bonds. The number of nitrogens with one attached hydrogen (secondary N) is 1. The van der Waals surface area contributed by atoms with Crippen LogP contribution in [-0.4, -0.2) is 38.7 Å². The maximum atomic E-state index is 13.5. The van der Waals surface area contributed by atoms with Gasteiger partial charge in [0.05, 0.1) is 11.7 Å². The van der Waals surface area contributed by atoms with Gasteiger partial charge in [0.1, 0.15) is 5.69 Å². The van der Waals surface area contributed by atoms with E-state index in [0.717, 1.165) is 34.7 Å². The van der Waals surface area contributed by atoms with Gasteiger partial charge in [-0.05, 0) is 73.0 Å². The van der Waals surface area contributed by atoms with Gasteiger partial charge in [0.2, 0.25) is 0 Å². The highest BCUT2D eigenvalue weighted by Gasteiger charge is 2.36. The number of anilines is 1. The maximum absolute atomic E-state index is 13.5. The van der Waals surface area contributed by atoms with Gasteiger partial charge >= 0.3 is 6.18 Å². The lowest BCUT2D eigenvalue weighted by Crippen LogP contribution is -2.27. The van der Waals surface area contributed by atoms with Crippen LogP contribution >= 0.6 is 0 Å². The largest absolute Gasteiger partial charge is 0.435 e. The molecule has 7 nitrogen and oxygen atoms in total. The van der Waals surface area contributed by atoms with Gasteiger partial charge in [0.15, 0.2) is 5.69 Å². The van der Waals surface area contributed by atoms with Crippen LogP contribution in [-0.2, 0) is 12.7 Å². The first-order chi connectivity index (χ1) is 18.2. The summed E-state index contributed by atoms with van der Waals surface area (Å²) in [5.41, 5.74) is 7.79. The first-order valence-electron chi connectivity index (χ1n) is 12.2. The summed E-state index contributed by atoms with van der Waals surface area (Å²) in [5, 5.41) is 6.47. The molecule has 10 heteroatoms. The van der Waals surface area contributed by atoms with Gasteiger partial charge in [-0.25, -0.2) is 4.68 Å². The van der Waals surface area contributed by atoms with Gasteiger partial charge in [-0.2, -0.15) is 18.3 Å². The molecule has 0 bridgehead atoms. The van der Waals surface area contributed by atoms with Crippen LogP contribution in [0.5, 0.6) is 0 Å². The number of hydrogen-bond acceptors (Lipinski definition) is 5. The summed E-state index contributed by atoms with van der Waals surface area (Å²) in [6.07, 6.45) is 1.01. The molecule has 1 atom stereocenters. The number of aromatic nitrogens is 3. The predicted molar refractivity (Wildman–Crippen MR) is 138 cm³/mol. The van der Waals surface area contributed by atoms with E-state index in [1.54, 1.807) is 42.7 Å². The van der Waals surface area contributed by atoms with Crippen molar-refractivity contribution in [3.8, 4) is 5.69 Å². The SMILES string of the molecule is CN(C1CC1)C(c1ccncc1)c1cccc(NC(=O)c2cc(C(F)(F)F)nn2-c2cccc(CN)c2)c1. The van der Waals surface area contributed by atoms with Gasteiger partial charge < -0.3 is 11.1 Å². The Morgan fingerprint density at radius 1 is 1.08 bits per heavy atom. The number of carbonyl (C=O) groups excluding carboxylic acids is 1. The fourth-order valence-electron chi connectivity index (χ4n) is 4.58. The zero-order valence-corrected chi connectivity index (χ0v) is 20.7. The quantitative estimate of drug-likeness (QED) is 0.334. The van der Waals surface area contributed by atoms with Crippen molar-refractivity contribution in [3.63, 3.8) is 0 Å². The predicted octanol–water partition coefficient (Wildman–Crippen LogP) is 5.18. The number of hydrogen-bond donors (Lipinski definition) is 2. The molecule has 2 aromatic heterocycles. The number of rotatable bonds is 8. The number of nitrogens with two attached hydrogens (primary N) is 1. The molecule has 0 aliphatic heterocycles. The molecule has 0 spiro atoms. The molecular weight excluding hydrogens is 493 g/mol. The minimum absolute atomic E-state index is 0.0660. The summed E-state index contributed by atoms with van der Waals surface area (Å²) < 4.78 is 41.6. The summed E-state index contributed by atoms with van der Waals surface area (Å²) in [7, 11) is 2.07. The van der Waals surface area contributed by atoms with Gasteiger partial charge in [-0.3, -0.25) is 14.7 Å². The Morgan fingerprint density at radius 3 is 2.50 bits per heavy atom. The number of amides is 1. The maximum Gasteiger partial charge on any atom is 0.435 e. The Hall–Kier alpha value is -4.02. The monoisotopic (exact) mass is 520 g/mol. The first kappa shape index (κ1) is 25.6. The summed E-state index contributed by atoms with van der Waals surface area (Å²) in [6, 6.07) is 19.0. The van der Waals surface area contributed by atoms with Crippen molar-refractivity contribution in [1.82, 2.24) is 19.7 Å². The van der Waals surface area contributed by atoms with Gasteiger partial charge in [0.25, 0.3) is 5.91 Å². The molecule has 1 unspecified atom stereocenters. The Bertz CT molecular complexity index is 1430. The molecule has 3 N–H and O–H groups in total. The third-order valence-electron chi connectivity index (χ3n) is 6.64. The third-order valence-corrected chi connectivity index (χ3v) is 6.64. The number of halogens is 3. The second-order valence-electron chi connectivity index (χ2n) is 9.36.